The van der Waals surface area contributed by atoms with Crippen molar-refractivity contribution in [3.63, 3.8) is 0 Å². The van der Waals surface area contributed by atoms with Crippen LogP contribution >= 0.6 is 0 Å². The average molecular weight is 236 g/mol. The summed E-state index contributed by atoms with van der Waals surface area (Å²) in [5, 5.41) is 0. The molecule has 0 N–H and O–H groups in total. The van der Waals surface area contributed by atoms with Crippen molar-refractivity contribution < 1.29 is 13.9 Å². The Morgan fingerprint density at radius 2 is 2.00 bits per heavy atom. The van der Waals surface area contributed by atoms with Crippen LogP contribution in [0.1, 0.15) is 42.5 Å². The monoisotopic (exact) mass is 236 g/mol. The zero-order valence-electron chi connectivity index (χ0n) is 10.0. The maximum absolute atomic E-state index is 13.5. The largest absolute Gasteiger partial charge is 0.494 e. The van der Waals surface area contributed by atoms with E-state index in [1.807, 2.05) is 0 Å². The van der Waals surface area contributed by atoms with Gasteiger partial charge in [0.15, 0.2) is 17.3 Å². The summed E-state index contributed by atoms with van der Waals surface area (Å²) < 4.78 is 18.3. The highest BCUT2D eigenvalue weighted by Crippen LogP contribution is 2.28. The van der Waals surface area contributed by atoms with E-state index in [0.717, 1.165) is 25.7 Å². The normalized spacial score (nSPS) is 16.8. The summed E-state index contributed by atoms with van der Waals surface area (Å²) in [6.45, 7) is 0. The van der Waals surface area contributed by atoms with Crippen molar-refractivity contribution in [3.8, 4) is 5.75 Å². The van der Waals surface area contributed by atoms with Crippen LogP contribution in [0.4, 0.5) is 4.39 Å². The van der Waals surface area contributed by atoms with Crippen LogP contribution in [0.25, 0.3) is 0 Å². The highest BCUT2D eigenvalue weighted by atomic mass is 19.1. The Kier molecular flexibility index (Phi) is 3.77. The second kappa shape index (κ2) is 5.30. The Bertz CT molecular complexity index is 409. The van der Waals surface area contributed by atoms with E-state index >= 15 is 0 Å². The Morgan fingerprint density at radius 1 is 1.29 bits per heavy atom. The molecule has 1 aromatic carbocycles. The first-order chi connectivity index (χ1) is 8.22. The topological polar surface area (TPSA) is 26.3 Å². The third-order valence-corrected chi connectivity index (χ3v) is 3.41. The van der Waals surface area contributed by atoms with Gasteiger partial charge in [-0.3, -0.25) is 4.79 Å². The van der Waals surface area contributed by atoms with E-state index in [1.54, 1.807) is 6.07 Å². The molecule has 1 aliphatic rings. The Hall–Kier alpha value is -1.38. The molecule has 1 aliphatic carbocycles. The van der Waals surface area contributed by atoms with Gasteiger partial charge in [0.25, 0.3) is 0 Å². The van der Waals surface area contributed by atoms with Crippen molar-refractivity contribution in [3.05, 3.63) is 29.6 Å². The van der Waals surface area contributed by atoms with Crippen LogP contribution in [0.5, 0.6) is 5.75 Å². The van der Waals surface area contributed by atoms with E-state index in [9.17, 15) is 9.18 Å². The summed E-state index contributed by atoms with van der Waals surface area (Å²) in [7, 11) is 1.42. The number of carbonyl (C=O) groups is 1. The molecule has 2 nitrogen and oxygen atoms in total. The molecule has 17 heavy (non-hydrogen) atoms. The Balaban J connectivity index is 2.16. The van der Waals surface area contributed by atoms with Crippen molar-refractivity contribution in [2.45, 2.75) is 32.1 Å². The molecule has 0 unspecified atom stereocenters. The molecule has 92 valence electrons. The fraction of sp³-hybridized carbons (Fsp3) is 0.500. The lowest BCUT2D eigenvalue weighted by molar-refractivity contribution is 0.0889. The number of halogens is 1. The fourth-order valence-electron chi connectivity index (χ4n) is 2.42. The Morgan fingerprint density at radius 3 is 2.59 bits per heavy atom. The van der Waals surface area contributed by atoms with Crippen molar-refractivity contribution >= 4 is 5.78 Å². The number of carbonyl (C=O) groups excluding carboxylic acids is 1. The highest BCUT2D eigenvalue weighted by Gasteiger charge is 2.22. The molecule has 0 atom stereocenters. The van der Waals surface area contributed by atoms with Crippen molar-refractivity contribution in [1.82, 2.24) is 0 Å². The van der Waals surface area contributed by atoms with E-state index in [-0.39, 0.29) is 17.5 Å². The summed E-state index contributed by atoms with van der Waals surface area (Å²) in [5.41, 5.74) is 0.468. The SMILES string of the molecule is COc1ccc(C(=O)C2CCCCC2)cc1F. The molecule has 0 saturated heterocycles. The number of benzene rings is 1. The van der Waals surface area contributed by atoms with Gasteiger partial charge >= 0.3 is 0 Å². The maximum Gasteiger partial charge on any atom is 0.166 e. The first-order valence-electron chi connectivity index (χ1n) is 6.10. The highest BCUT2D eigenvalue weighted by molar-refractivity contribution is 5.98. The molecule has 1 aromatic rings. The molecular formula is C14H17FO2. The van der Waals surface area contributed by atoms with Crippen LogP contribution in [0.2, 0.25) is 0 Å². The second-order valence-electron chi connectivity index (χ2n) is 4.55. The smallest absolute Gasteiger partial charge is 0.166 e. The van der Waals surface area contributed by atoms with Crippen molar-refractivity contribution in [2.75, 3.05) is 7.11 Å². The summed E-state index contributed by atoms with van der Waals surface area (Å²) in [6, 6.07) is 4.46. The molecule has 0 bridgehead atoms. The predicted octanol–water partition coefficient (Wildman–Crippen LogP) is 3.60. The van der Waals surface area contributed by atoms with Crippen LogP contribution in [-0.2, 0) is 0 Å². The molecule has 0 radical (unpaired) electrons. The molecule has 3 heteroatoms. The minimum atomic E-state index is -0.464. The number of ether oxygens (including phenoxy) is 1. The zero-order chi connectivity index (χ0) is 12.3. The van der Waals surface area contributed by atoms with E-state index < -0.39 is 5.82 Å². The lowest BCUT2D eigenvalue weighted by Crippen LogP contribution is -2.18. The minimum Gasteiger partial charge on any atom is -0.494 e. The molecule has 1 saturated carbocycles. The van der Waals surface area contributed by atoms with E-state index in [0.29, 0.717) is 5.56 Å². The third kappa shape index (κ3) is 2.65. The maximum atomic E-state index is 13.5. The molecular weight excluding hydrogens is 219 g/mol. The van der Waals surface area contributed by atoms with Crippen LogP contribution in [0.15, 0.2) is 18.2 Å². The van der Waals surface area contributed by atoms with Gasteiger partial charge in [0.1, 0.15) is 0 Å². The minimum absolute atomic E-state index is 0.0752. The lowest BCUT2D eigenvalue weighted by atomic mass is 9.84. The number of rotatable bonds is 3. The summed E-state index contributed by atoms with van der Waals surface area (Å²) in [5.74, 6) is -0.123. The average Bonchev–Trinajstić information content (AvgIpc) is 2.39. The number of methoxy groups -OCH3 is 1. The van der Waals surface area contributed by atoms with Crippen LogP contribution in [0, 0.1) is 11.7 Å². The summed E-state index contributed by atoms with van der Waals surface area (Å²) >= 11 is 0. The van der Waals surface area contributed by atoms with E-state index in [4.69, 9.17) is 4.74 Å². The van der Waals surface area contributed by atoms with E-state index in [2.05, 4.69) is 0 Å². The quantitative estimate of drug-likeness (QED) is 0.749. The van der Waals surface area contributed by atoms with Crippen molar-refractivity contribution in [2.24, 2.45) is 5.92 Å². The molecule has 0 aromatic heterocycles. The molecule has 0 spiro atoms. The van der Waals surface area contributed by atoms with Crippen LogP contribution in [0.3, 0.4) is 0 Å². The summed E-state index contributed by atoms with van der Waals surface area (Å²) in [4.78, 5) is 12.1. The van der Waals surface area contributed by atoms with Gasteiger partial charge in [0, 0.05) is 11.5 Å². The van der Waals surface area contributed by atoms with Gasteiger partial charge in [0.2, 0.25) is 0 Å². The van der Waals surface area contributed by atoms with Gasteiger partial charge in [0.05, 0.1) is 7.11 Å². The second-order valence-corrected chi connectivity index (χ2v) is 4.55. The standard InChI is InChI=1S/C14H17FO2/c1-17-13-8-7-11(9-12(13)15)14(16)10-5-3-2-4-6-10/h7-10H,2-6H2,1H3. The van der Waals surface area contributed by atoms with Gasteiger partial charge in [-0.05, 0) is 31.0 Å². The van der Waals surface area contributed by atoms with Gasteiger partial charge in [-0.1, -0.05) is 19.3 Å². The van der Waals surface area contributed by atoms with Gasteiger partial charge < -0.3 is 4.74 Å². The number of ketones is 1. The lowest BCUT2D eigenvalue weighted by Gasteiger charge is -2.20. The fourth-order valence-corrected chi connectivity index (χ4v) is 2.42. The van der Waals surface area contributed by atoms with Crippen molar-refractivity contribution in [1.29, 1.82) is 0 Å². The van der Waals surface area contributed by atoms with Gasteiger partial charge in [-0.15, -0.1) is 0 Å². The molecule has 1 fully saturated rings. The third-order valence-electron chi connectivity index (χ3n) is 3.41. The van der Waals surface area contributed by atoms with Crippen LogP contribution < -0.4 is 4.74 Å². The molecule has 0 heterocycles. The molecule has 2 rings (SSSR count). The summed E-state index contributed by atoms with van der Waals surface area (Å²) in [6.07, 6.45) is 5.30. The molecule has 0 aliphatic heterocycles. The predicted molar refractivity (Wildman–Crippen MR) is 63.9 cm³/mol. The Labute approximate surface area is 101 Å². The number of hydrogen-bond donors (Lipinski definition) is 0. The molecule has 0 amide bonds. The number of hydrogen-bond acceptors (Lipinski definition) is 2. The first-order valence-corrected chi connectivity index (χ1v) is 6.10. The zero-order valence-corrected chi connectivity index (χ0v) is 10.0. The van der Waals surface area contributed by atoms with Gasteiger partial charge in [-0.25, -0.2) is 4.39 Å². The van der Waals surface area contributed by atoms with E-state index in [1.165, 1.54) is 25.7 Å². The first kappa shape index (κ1) is 12.1. The van der Waals surface area contributed by atoms with Gasteiger partial charge in [-0.2, -0.15) is 0 Å². The van der Waals surface area contributed by atoms with Crippen LogP contribution in [-0.4, -0.2) is 12.9 Å². The number of Topliss-reactive ketones (excluding diaryl/α,β-unsaturated/α-hetero) is 1.